The molecule has 2 aromatic heterocycles. The summed E-state index contributed by atoms with van der Waals surface area (Å²) in [5.74, 6) is 0. The lowest BCUT2D eigenvalue weighted by molar-refractivity contribution is 1.18. The van der Waals surface area contributed by atoms with E-state index >= 15 is 0 Å². The van der Waals surface area contributed by atoms with Crippen LogP contribution < -0.4 is 9.80 Å². The molecule has 16 aromatic rings. The number of benzene rings is 14. The van der Waals surface area contributed by atoms with Gasteiger partial charge in [0.2, 0.25) is 0 Å². The van der Waals surface area contributed by atoms with Crippen LogP contribution in [0.15, 0.2) is 328 Å². The monoisotopic (exact) mass is 1100 g/mol. The molecule has 0 atom stereocenters. The van der Waals surface area contributed by atoms with Crippen molar-refractivity contribution in [2.75, 3.05) is 9.80 Å². The molecule has 404 valence electrons. The van der Waals surface area contributed by atoms with E-state index in [-0.39, 0.29) is 0 Å². The lowest BCUT2D eigenvalue weighted by Crippen LogP contribution is -2.09. The maximum atomic E-state index is 2.40. The van der Waals surface area contributed by atoms with Crippen LogP contribution in [0, 0.1) is 0 Å². The quantitative estimate of drug-likeness (QED) is 0.113. The molecule has 4 heteroatoms. The third-order valence-corrected chi connectivity index (χ3v) is 17.0. The largest absolute Gasteiger partial charge is 0.310 e. The molecule has 0 aliphatic rings. The molecule has 16 rings (SSSR count). The summed E-state index contributed by atoms with van der Waals surface area (Å²) < 4.78 is 4.80. The van der Waals surface area contributed by atoms with Gasteiger partial charge in [-0.2, -0.15) is 0 Å². The van der Waals surface area contributed by atoms with Crippen molar-refractivity contribution in [1.29, 1.82) is 0 Å². The molecule has 0 radical (unpaired) electrons. The first kappa shape index (κ1) is 50.3. The lowest BCUT2D eigenvalue weighted by Gasteiger charge is -2.26. The van der Waals surface area contributed by atoms with Gasteiger partial charge in [-0.25, -0.2) is 0 Å². The summed E-state index contributed by atoms with van der Waals surface area (Å²) in [5, 5.41) is 9.79. The van der Waals surface area contributed by atoms with Crippen LogP contribution in [0.2, 0.25) is 0 Å². The number of anilines is 6. The number of nitrogens with zero attached hydrogens (tertiary/aromatic N) is 4. The highest BCUT2D eigenvalue weighted by atomic mass is 15.1. The minimum absolute atomic E-state index is 1.08. The molecule has 14 aromatic carbocycles. The van der Waals surface area contributed by atoms with Gasteiger partial charge >= 0.3 is 0 Å². The zero-order valence-electron chi connectivity index (χ0n) is 47.1. The van der Waals surface area contributed by atoms with Crippen LogP contribution in [-0.4, -0.2) is 9.13 Å². The minimum atomic E-state index is 1.08. The van der Waals surface area contributed by atoms with E-state index in [4.69, 9.17) is 0 Å². The molecule has 0 N–H and O–H groups in total. The van der Waals surface area contributed by atoms with Crippen molar-refractivity contribution in [2.45, 2.75) is 0 Å². The van der Waals surface area contributed by atoms with Gasteiger partial charge in [0.15, 0.2) is 0 Å². The van der Waals surface area contributed by atoms with Gasteiger partial charge in [-0.15, -0.1) is 0 Å². The van der Waals surface area contributed by atoms with Crippen LogP contribution in [0.1, 0.15) is 11.1 Å². The molecule has 4 nitrogen and oxygen atoms in total. The van der Waals surface area contributed by atoms with E-state index in [0.717, 1.165) is 67.7 Å². The molecule has 0 spiro atoms. The third kappa shape index (κ3) is 8.96. The van der Waals surface area contributed by atoms with Crippen molar-refractivity contribution in [1.82, 2.24) is 9.13 Å². The van der Waals surface area contributed by atoms with Crippen molar-refractivity contribution in [3.63, 3.8) is 0 Å². The lowest BCUT2D eigenvalue weighted by atomic mass is 9.97. The number of fused-ring (bicyclic) bond motifs is 8. The second-order valence-electron chi connectivity index (χ2n) is 22.1. The zero-order chi connectivity index (χ0) is 56.9. The Labute approximate surface area is 499 Å². The molecule has 0 aliphatic heterocycles. The molecule has 86 heavy (non-hydrogen) atoms. The maximum absolute atomic E-state index is 2.40. The second-order valence-corrected chi connectivity index (χ2v) is 22.1. The topological polar surface area (TPSA) is 16.3 Å². The highest BCUT2D eigenvalue weighted by molar-refractivity contribution is 6.14. The fourth-order valence-corrected chi connectivity index (χ4v) is 13.0. The van der Waals surface area contributed by atoms with Crippen LogP contribution in [0.3, 0.4) is 0 Å². The molecule has 0 unspecified atom stereocenters. The predicted octanol–water partition coefficient (Wildman–Crippen LogP) is 22.6. The number of hydrogen-bond donors (Lipinski definition) is 0. The van der Waals surface area contributed by atoms with Crippen LogP contribution in [0.5, 0.6) is 0 Å². The van der Waals surface area contributed by atoms with Crippen molar-refractivity contribution >= 4 is 111 Å². The fraction of sp³-hybridized carbons (Fsp3) is 0. The van der Waals surface area contributed by atoms with Gasteiger partial charge in [0.05, 0.1) is 22.1 Å². The van der Waals surface area contributed by atoms with Gasteiger partial charge in [-0.3, -0.25) is 0 Å². The molecule has 2 heterocycles. The summed E-state index contributed by atoms with van der Waals surface area (Å²) >= 11 is 0. The van der Waals surface area contributed by atoms with Crippen LogP contribution in [0.25, 0.3) is 111 Å². The average molecular weight is 1100 g/mol. The first-order valence-electron chi connectivity index (χ1n) is 29.5. The smallest absolute Gasteiger partial charge is 0.0542 e. The molecule has 0 amide bonds. The van der Waals surface area contributed by atoms with Gasteiger partial charge in [-0.05, 0) is 188 Å². The summed E-state index contributed by atoms with van der Waals surface area (Å²) in [4.78, 5) is 4.74. The summed E-state index contributed by atoms with van der Waals surface area (Å²) in [6, 6.07) is 119. The Balaban J connectivity index is 0.731. The van der Waals surface area contributed by atoms with Crippen molar-refractivity contribution in [2.24, 2.45) is 0 Å². The second kappa shape index (κ2) is 21.4. The Morgan fingerprint density at radius 2 is 0.535 bits per heavy atom. The van der Waals surface area contributed by atoms with Crippen LogP contribution >= 0.6 is 0 Å². The molecular weight excluding hydrogens is 1040 g/mol. The Bertz CT molecular complexity index is 4860. The first-order valence-corrected chi connectivity index (χ1v) is 29.5. The number of aromatic nitrogens is 2. The summed E-state index contributed by atoms with van der Waals surface area (Å²) in [5.41, 5.74) is 20.6. The normalized spacial score (nSPS) is 11.7. The summed E-state index contributed by atoms with van der Waals surface area (Å²) in [7, 11) is 0. The maximum Gasteiger partial charge on any atom is 0.0542 e. The van der Waals surface area contributed by atoms with E-state index in [1.165, 1.54) is 76.4 Å². The van der Waals surface area contributed by atoms with Gasteiger partial charge < -0.3 is 18.9 Å². The molecule has 0 bridgehead atoms. The Hall–Kier alpha value is -11.5. The van der Waals surface area contributed by atoms with Gasteiger partial charge in [0, 0.05) is 67.0 Å². The third-order valence-electron chi connectivity index (χ3n) is 17.0. The Morgan fingerprint density at radius 1 is 0.221 bits per heavy atom. The Kier molecular flexibility index (Phi) is 12.5. The van der Waals surface area contributed by atoms with Crippen molar-refractivity contribution in [3.05, 3.63) is 339 Å². The van der Waals surface area contributed by atoms with Crippen molar-refractivity contribution in [3.8, 4) is 33.6 Å². The minimum Gasteiger partial charge on any atom is -0.310 e. The molecule has 0 saturated carbocycles. The number of hydrogen-bond acceptors (Lipinski definition) is 2. The average Bonchev–Trinajstić information content (AvgIpc) is 1.91. The fourth-order valence-electron chi connectivity index (χ4n) is 13.0. The highest BCUT2D eigenvalue weighted by Gasteiger charge is 2.21. The van der Waals surface area contributed by atoms with Crippen molar-refractivity contribution < 1.29 is 0 Å². The van der Waals surface area contributed by atoms with E-state index in [2.05, 4.69) is 359 Å². The number of para-hydroxylation sites is 4. The first-order chi connectivity index (χ1) is 42.6. The molecular formula is C82H56N4. The van der Waals surface area contributed by atoms with E-state index in [1.54, 1.807) is 0 Å². The summed E-state index contributed by atoms with van der Waals surface area (Å²) in [6.07, 6.45) is 4.42. The van der Waals surface area contributed by atoms with E-state index in [0.29, 0.717) is 0 Å². The van der Waals surface area contributed by atoms with Gasteiger partial charge in [-0.1, -0.05) is 206 Å². The van der Waals surface area contributed by atoms with E-state index in [9.17, 15) is 0 Å². The van der Waals surface area contributed by atoms with Gasteiger partial charge in [0.25, 0.3) is 0 Å². The molecule has 0 saturated heterocycles. The predicted molar refractivity (Wildman–Crippen MR) is 366 cm³/mol. The molecule has 0 aliphatic carbocycles. The van der Waals surface area contributed by atoms with Gasteiger partial charge in [0.1, 0.15) is 0 Å². The van der Waals surface area contributed by atoms with Crippen LogP contribution in [0.4, 0.5) is 34.1 Å². The highest BCUT2D eigenvalue weighted by Crippen LogP contribution is 2.44. The Morgan fingerprint density at radius 3 is 0.942 bits per heavy atom. The molecule has 0 fully saturated rings. The standard InChI is InChI=1S/C82H56N4/c1-5-23-63(24-6-1)83(69-47-51-81-77(55-69)75-53-61(73-33-17-21-59-19-13-15-31-71(59)73)41-49-79(75)85(81)65-27-9-3-10-28-65)67-43-37-57(38-44-67)35-36-58-39-45-68(46-40-58)84(64-25-7-2-8-26-64)70-48-52-82-78(56-70)76-54-62(74-34-18-22-60-20-14-16-32-72(60)74)42-50-80(76)86(82)66-29-11-4-12-30-66/h1-56H/b36-35+. The zero-order valence-corrected chi connectivity index (χ0v) is 47.1. The van der Waals surface area contributed by atoms with E-state index in [1.807, 2.05) is 0 Å². The van der Waals surface area contributed by atoms with Crippen LogP contribution in [-0.2, 0) is 0 Å². The van der Waals surface area contributed by atoms with E-state index < -0.39 is 0 Å². The SMILES string of the molecule is C(=C\c1ccc(N(c2ccccc2)c2ccc3c(c2)c2cc(-c4cccc5ccccc45)ccc2n3-c2ccccc2)cc1)/c1ccc(N(c2ccccc2)c2ccc3c(c2)c2cc(-c4cccc5ccccc45)ccc2n3-c2ccccc2)cc1. The number of rotatable bonds is 12. The summed E-state index contributed by atoms with van der Waals surface area (Å²) in [6.45, 7) is 0.